The minimum atomic E-state index is -4.59. The van der Waals surface area contributed by atoms with Gasteiger partial charge in [-0.25, -0.2) is 9.37 Å². The molecule has 3 aromatic carbocycles. The van der Waals surface area contributed by atoms with Gasteiger partial charge in [0.15, 0.2) is 11.4 Å². The first-order chi connectivity index (χ1) is 19.7. The molecule has 210 valence electrons. The molecule has 2 aromatic heterocycles. The number of halogens is 4. The van der Waals surface area contributed by atoms with Crippen LogP contribution in [-0.4, -0.2) is 37.7 Å². The summed E-state index contributed by atoms with van der Waals surface area (Å²) in [5, 5.41) is 8.02. The van der Waals surface area contributed by atoms with Crippen molar-refractivity contribution in [2.45, 2.75) is 38.4 Å². The van der Waals surface area contributed by atoms with Crippen molar-refractivity contribution in [3.63, 3.8) is 0 Å². The van der Waals surface area contributed by atoms with E-state index in [4.69, 9.17) is 4.42 Å². The number of aryl methyl sites for hydroxylation is 1. The fourth-order valence-corrected chi connectivity index (χ4v) is 5.94. The van der Waals surface area contributed by atoms with Crippen molar-refractivity contribution in [3.8, 4) is 34.0 Å². The molecule has 3 heterocycles. The highest BCUT2D eigenvalue weighted by Crippen LogP contribution is 2.53. The van der Waals surface area contributed by atoms with Crippen LogP contribution in [0.15, 0.2) is 65.3 Å². The quantitative estimate of drug-likeness (QED) is 0.208. The molecule has 2 aliphatic rings. The topological polar surface area (TPSA) is 60.0 Å². The summed E-state index contributed by atoms with van der Waals surface area (Å²) in [6.07, 6.45) is 1.70. The van der Waals surface area contributed by atoms with Crippen molar-refractivity contribution in [1.82, 2.24) is 24.6 Å². The highest BCUT2D eigenvalue weighted by molar-refractivity contribution is 5.84. The SMILES string of the molecule is Cn1cnnc1-c1cc(F)ccc1-c1cccc(-c2nc3cc(CN4CCC5(CC4)CC5)cc(C(F)(F)F)c3o2)c1. The molecule has 0 bridgehead atoms. The molecule has 0 atom stereocenters. The Morgan fingerprint density at radius 2 is 1.71 bits per heavy atom. The van der Waals surface area contributed by atoms with Gasteiger partial charge in [-0.2, -0.15) is 13.2 Å². The van der Waals surface area contributed by atoms with E-state index < -0.39 is 17.6 Å². The summed E-state index contributed by atoms with van der Waals surface area (Å²) in [7, 11) is 1.76. The third kappa shape index (κ3) is 4.90. The van der Waals surface area contributed by atoms with Gasteiger partial charge in [0.2, 0.25) is 5.89 Å². The highest BCUT2D eigenvalue weighted by Gasteiger charge is 2.44. The molecule has 1 saturated heterocycles. The Kier molecular flexibility index (Phi) is 6.01. The number of piperidine rings is 1. The zero-order valence-electron chi connectivity index (χ0n) is 22.4. The van der Waals surface area contributed by atoms with Gasteiger partial charge in [0.25, 0.3) is 0 Å². The average Bonchev–Trinajstić information content (AvgIpc) is 3.34. The molecule has 0 amide bonds. The van der Waals surface area contributed by atoms with Gasteiger partial charge in [-0.3, -0.25) is 4.90 Å². The second-order valence-electron chi connectivity index (χ2n) is 11.3. The number of nitrogens with zero attached hydrogens (tertiary/aromatic N) is 5. The number of fused-ring (bicyclic) bond motifs is 1. The molecule has 1 spiro atoms. The van der Waals surface area contributed by atoms with E-state index in [1.165, 1.54) is 37.4 Å². The number of oxazole rings is 1. The fourth-order valence-electron chi connectivity index (χ4n) is 5.94. The van der Waals surface area contributed by atoms with Crippen LogP contribution in [0.25, 0.3) is 45.1 Å². The summed E-state index contributed by atoms with van der Waals surface area (Å²) in [5.74, 6) is 0.143. The molecule has 1 saturated carbocycles. The number of likely N-dealkylation sites (tertiary alicyclic amines) is 1. The van der Waals surface area contributed by atoms with Crippen LogP contribution in [-0.2, 0) is 19.8 Å². The molecule has 1 aliphatic heterocycles. The van der Waals surface area contributed by atoms with E-state index in [9.17, 15) is 17.6 Å². The zero-order valence-corrected chi connectivity index (χ0v) is 22.4. The summed E-state index contributed by atoms with van der Waals surface area (Å²) in [4.78, 5) is 6.74. The first kappa shape index (κ1) is 25.9. The van der Waals surface area contributed by atoms with Crippen molar-refractivity contribution in [1.29, 1.82) is 0 Å². The molecule has 1 aliphatic carbocycles. The molecule has 0 unspecified atom stereocenters. The minimum Gasteiger partial charge on any atom is -0.435 e. The summed E-state index contributed by atoms with van der Waals surface area (Å²) in [5.41, 5.74) is 2.58. The minimum absolute atomic E-state index is 0.0838. The van der Waals surface area contributed by atoms with Crippen LogP contribution < -0.4 is 0 Å². The predicted octanol–water partition coefficient (Wildman–Crippen LogP) is 7.49. The van der Waals surface area contributed by atoms with Crippen LogP contribution in [0, 0.1) is 11.2 Å². The van der Waals surface area contributed by atoms with Gasteiger partial charge in [-0.05, 0) is 97.3 Å². The van der Waals surface area contributed by atoms with E-state index >= 15 is 0 Å². The van der Waals surface area contributed by atoms with Crippen LogP contribution in [0.3, 0.4) is 0 Å². The Labute approximate surface area is 233 Å². The molecular formula is C31H27F4N5O. The van der Waals surface area contributed by atoms with Gasteiger partial charge in [0, 0.05) is 24.7 Å². The van der Waals surface area contributed by atoms with Gasteiger partial charge in [-0.15, -0.1) is 10.2 Å². The molecule has 7 rings (SSSR count). The van der Waals surface area contributed by atoms with Crippen molar-refractivity contribution >= 4 is 11.1 Å². The van der Waals surface area contributed by atoms with Gasteiger partial charge in [-0.1, -0.05) is 18.2 Å². The van der Waals surface area contributed by atoms with E-state index in [-0.39, 0.29) is 17.0 Å². The Morgan fingerprint density at radius 1 is 0.927 bits per heavy atom. The molecule has 0 radical (unpaired) electrons. The Bertz CT molecular complexity index is 1760. The molecule has 2 fully saturated rings. The number of hydrogen-bond acceptors (Lipinski definition) is 5. The van der Waals surface area contributed by atoms with E-state index in [1.54, 1.807) is 41.9 Å². The summed E-state index contributed by atoms with van der Waals surface area (Å²) in [6.45, 7) is 2.24. The highest BCUT2D eigenvalue weighted by atomic mass is 19.4. The van der Waals surface area contributed by atoms with Crippen LogP contribution in [0.1, 0.15) is 36.8 Å². The van der Waals surface area contributed by atoms with E-state index in [0.29, 0.717) is 45.6 Å². The maximum atomic E-state index is 14.2. The number of benzene rings is 3. The maximum absolute atomic E-state index is 14.2. The lowest BCUT2D eigenvalue weighted by atomic mass is 9.93. The Morgan fingerprint density at radius 3 is 2.41 bits per heavy atom. The maximum Gasteiger partial charge on any atom is 0.420 e. The van der Waals surface area contributed by atoms with Crippen molar-refractivity contribution in [3.05, 3.63) is 77.9 Å². The smallest absolute Gasteiger partial charge is 0.420 e. The van der Waals surface area contributed by atoms with Crippen LogP contribution >= 0.6 is 0 Å². The van der Waals surface area contributed by atoms with E-state index in [2.05, 4.69) is 20.1 Å². The zero-order chi connectivity index (χ0) is 28.4. The molecule has 41 heavy (non-hydrogen) atoms. The summed E-state index contributed by atoms with van der Waals surface area (Å²) < 4.78 is 64.3. The average molecular weight is 562 g/mol. The third-order valence-electron chi connectivity index (χ3n) is 8.49. The van der Waals surface area contributed by atoms with Crippen molar-refractivity contribution in [2.75, 3.05) is 13.1 Å². The van der Waals surface area contributed by atoms with Crippen LogP contribution in [0.5, 0.6) is 0 Å². The number of hydrogen-bond donors (Lipinski definition) is 0. The van der Waals surface area contributed by atoms with Crippen LogP contribution in [0.4, 0.5) is 17.6 Å². The van der Waals surface area contributed by atoms with E-state index in [0.717, 1.165) is 25.9 Å². The Hall–Kier alpha value is -4.05. The van der Waals surface area contributed by atoms with Crippen LogP contribution in [0.2, 0.25) is 0 Å². The second kappa shape index (κ2) is 9.51. The standard InChI is InChI=1S/C31H27F4N5O/c1-39-18-36-38-28(39)24-16-22(32)5-6-23(24)20-3-2-4-21(15-20)29-37-26-14-19(13-25(27(26)41-29)31(33,34)35)17-40-11-9-30(7-8-30)10-12-40/h2-6,13-16,18H,7-12,17H2,1H3. The molecule has 10 heteroatoms. The number of alkyl halides is 3. The summed E-state index contributed by atoms with van der Waals surface area (Å²) >= 11 is 0. The lowest BCUT2D eigenvalue weighted by molar-refractivity contribution is -0.136. The fraction of sp³-hybridized carbons (Fsp3) is 0.323. The summed E-state index contributed by atoms with van der Waals surface area (Å²) in [6, 6.07) is 14.4. The predicted molar refractivity (Wildman–Crippen MR) is 146 cm³/mol. The Balaban J connectivity index is 1.26. The lowest BCUT2D eigenvalue weighted by Crippen LogP contribution is -2.34. The van der Waals surface area contributed by atoms with E-state index in [1.807, 2.05) is 6.07 Å². The number of rotatable bonds is 5. The largest absolute Gasteiger partial charge is 0.435 e. The first-order valence-electron chi connectivity index (χ1n) is 13.7. The van der Waals surface area contributed by atoms with Crippen molar-refractivity contribution in [2.24, 2.45) is 12.5 Å². The van der Waals surface area contributed by atoms with Gasteiger partial charge < -0.3 is 8.98 Å². The lowest BCUT2D eigenvalue weighted by Gasteiger charge is -2.32. The monoisotopic (exact) mass is 561 g/mol. The van der Waals surface area contributed by atoms with Gasteiger partial charge >= 0.3 is 6.18 Å². The molecule has 5 aromatic rings. The van der Waals surface area contributed by atoms with Gasteiger partial charge in [0.05, 0.1) is 0 Å². The van der Waals surface area contributed by atoms with Gasteiger partial charge in [0.1, 0.15) is 23.2 Å². The molecule has 0 N–H and O–H groups in total. The second-order valence-corrected chi connectivity index (χ2v) is 11.3. The molecular weight excluding hydrogens is 534 g/mol. The van der Waals surface area contributed by atoms with Crippen molar-refractivity contribution < 1.29 is 22.0 Å². The normalized spacial score (nSPS) is 17.0. The third-order valence-corrected chi connectivity index (χ3v) is 8.49. The number of aromatic nitrogens is 4. The molecule has 6 nitrogen and oxygen atoms in total. The first-order valence-corrected chi connectivity index (χ1v) is 13.7.